The summed E-state index contributed by atoms with van der Waals surface area (Å²) in [5.41, 5.74) is 6.38. The largest absolute Gasteiger partial charge is 0.492 e. The number of halogens is 2. The second kappa shape index (κ2) is 13.0. The van der Waals surface area contributed by atoms with Crippen LogP contribution in [0.5, 0.6) is 5.75 Å². The number of hydrogen-bond acceptors (Lipinski definition) is 9. The third kappa shape index (κ3) is 6.59. The average Bonchev–Trinajstić information content (AvgIpc) is 3.43. The van der Waals surface area contributed by atoms with E-state index in [2.05, 4.69) is 25.3 Å². The number of fused-ring (bicyclic) bond motifs is 1. The highest BCUT2D eigenvalue weighted by Crippen LogP contribution is 2.28. The molecule has 1 atom stereocenters. The van der Waals surface area contributed by atoms with Crippen molar-refractivity contribution >= 4 is 28.3 Å². The number of rotatable bonds is 12. The number of aliphatic hydroxyl groups excluding tert-OH is 1. The quantitative estimate of drug-likeness (QED) is 0.236. The zero-order chi connectivity index (χ0) is 28.8. The van der Waals surface area contributed by atoms with Gasteiger partial charge in [0.15, 0.2) is 17.7 Å². The van der Waals surface area contributed by atoms with E-state index < -0.39 is 23.6 Å². The van der Waals surface area contributed by atoms with Gasteiger partial charge in [-0.15, -0.1) is 0 Å². The van der Waals surface area contributed by atoms with Crippen molar-refractivity contribution < 1.29 is 28.2 Å². The first-order valence-corrected chi connectivity index (χ1v) is 13.3. The summed E-state index contributed by atoms with van der Waals surface area (Å²) in [7, 11) is 0. The van der Waals surface area contributed by atoms with Crippen LogP contribution in [0.2, 0.25) is 0 Å². The first kappa shape index (κ1) is 28.3. The maximum atomic E-state index is 14.4. The third-order valence-electron chi connectivity index (χ3n) is 7.02. The second-order valence-electron chi connectivity index (χ2n) is 9.63. The summed E-state index contributed by atoms with van der Waals surface area (Å²) in [6.45, 7) is 3.26. The Morgan fingerprint density at radius 2 is 2.05 bits per heavy atom. The van der Waals surface area contributed by atoms with Crippen LogP contribution in [0, 0.1) is 11.6 Å². The van der Waals surface area contributed by atoms with Crippen LogP contribution >= 0.6 is 0 Å². The third-order valence-corrected chi connectivity index (χ3v) is 7.02. The van der Waals surface area contributed by atoms with Crippen LogP contribution in [0.25, 0.3) is 10.9 Å². The Balaban J connectivity index is 1.28. The lowest BCUT2D eigenvalue weighted by Crippen LogP contribution is -2.43. The lowest BCUT2D eigenvalue weighted by molar-refractivity contribution is -0.120. The number of amides is 1. The van der Waals surface area contributed by atoms with E-state index in [0.717, 1.165) is 36.8 Å². The van der Waals surface area contributed by atoms with Crippen LogP contribution in [0.15, 0.2) is 55.1 Å². The molecule has 1 unspecified atom stereocenters. The van der Waals surface area contributed by atoms with E-state index in [-0.39, 0.29) is 12.2 Å². The molecule has 216 valence electrons. The molecule has 2 aromatic carbocycles. The zero-order valence-electron chi connectivity index (χ0n) is 22.2. The van der Waals surface area contributed by atoms with Crippen molar-refractivity contribution in [1.29, 1.82) is 0 Å². The molecular weight excluding hydrogens is 536 g/mol. The molecule has 3 heterocycles. The van der Waals surface area contributed by atoms with E-state index in [4.69, 9.17) is 15.2 Å². The Kier molecular flexibility index (Phi) is 8.97. The van der Waals surface area contributed by atoms with Gasteiger partial charge in [0.2, 0.25) is 5.91 Å². The fourth-order valence-electron chi connectivity index (χ4n) is 5.00. The van der Waals surface area contributed by atoms with Gasteiger partial charge in [-0.3, -0.25) is 14.4 Å². The van der Waals surface area contributed by atoms with Gasteiger partial charge >= 0.3 is 0 Å². The number of carbonyl (C=O) groups excluding carboxylic acids is 1. The van der Waals surface area contributed by atoms with Gasteiger partial charge in [0.05, 0.1) is 24.0 Å². The fourth-order valence-corrected chi connectivity index (χ4v) is 5.00. The highest BCUT2D eigenvalue weighted by atomic mass is 19.2. The Labute approximate surface area is 234 Å². The first-order valence-electron chi connectivity index (χ1n) is 13.3. The first-order chi connectivity index (χ1) is 19.9. The number of nitrogens with zero attached hydrogens (tertiary/aromatic N) is 5. The highest BCUT2D eigenvalue weighted by Gasteiger charge is 2.26. The van der Waals surface area contributed by atoms with Gasteiger partial charge in [0, 0.05) is 55.6 Å². The van der Waals surface area contributed by atoms with Crippen LogP contribution in [0.3, 0.4) is 0 Å². The van der Waals surface area contributed by atoms with Gasteiger partial charge in [0.1, 0.15) is 24.5 Å². The summed E-state index contributed by atoms with van der Waals surface area (Å²) < 4.78 is 40.8. The molecule has 2 aromatic heterocycles. The molecular formula is C28H31F2N7O4. The fraction of sp³-hybridized carbons (Fsp3) is 0.357. The number of nitrogens with two attached hydrogens (primary N) is 1. The minimum absolute atomic E-state index is 0.0871. The zero-order valence-corrected chi connectivity index (χ0v) is 22.2. The number of hydrogen-bond donors (Lipinski definition) is 3. The Morgan fingerprint density at radius 3 is 2.83 bits per heavy atom. The topological polar surface area (TPSA) is 141 Å². The summed E-state index contributed by atoms with van der Waals surface area (Å²) in [6.07, 6.45) is 6.16. The number of nitrogens with one attached hydrogen (secondary N) is 1. The number of aliphatic hydroxyl groups is 1. The van der Waals surface area contributed by atoms with Gasteiger partial charge in [-0.25, -0.2) is 18.7 Å². The van der Waals surface area contributed by atoms with Gasteiger partial charge in [0.25, 0.3) is 0 Å². The van der Waals surface area contributed by atoms with Crippen molar-refractivity contribution in [1.82, 2.24) is 24.6 Å². The maximum Gasteiger partial charge on any atom is 0.247 e. The van der Waals surface area contributed by atoms with Crippen molar-refractivity contribution in [3.05, 3.63) is 72.3 Å². The Hall–Kier alpha value is -4.20. The normalized spacial score (nSPS) is 14.8. The number of aromatic nitrogens is 4. The number of carbonyl (C=O) groups is 1. The second-order valence-corrected chi connectivity index (χ2v) is 9.63. The minimum atomic E-state index is -1.34. The smallest absolute Gasteiger partial charge is 0.247 e. The standard InChI is InChI=1S/C28H31F2N7O4/c29-23-3-1-2-22(25(23)30)26(27(31)39)37-16-18(15-34-37)35-28-21-5-4-20(14-24(21)32-17-33-28)41-13-9-36(8-10-38)19-6-11-40-12-7-19/h1-5,14-17,19,26,38H,6-13H2,(H2,31,39)(H,32,33,35). The van der Waals surface area contributed by atoms with Crippen LogP contribution in [0.1, 0.15) is 24.4 Å². The summed E-state index contributed by atoms with van der Waals surface area (Å²) >= 11 is 0. The predicted molar refractivity (Wildman–Crippen MR) is 147 cm³/mol. The number of benzene rings is 2. The number of primary amides is 1. The lowest BCUT2D eigenvalue weighted by atomic mass is 10.1. The number of anilines is 2. The number of ether oxygens (including phenoxy) is 2. The molecule has 5 rings (SSSR count). The molecule has 1 fully saturated rings. The van der Waals surface area contributed by atoms with E-state index >= 15 is 0 Å². The van der Waals surface area contributed by atoms with Crippen LogP contribution in [0.4, 0.5) is 20.3 Å². The minimum Gasteiger partial charge on any atom is -0.492 e. The Morgan fingerprint density at radius 1 is 1.22 bits per heavy atom. The molecule has 13 heteroatoms. The van der Waals surface area contributed by atoms with E-state index in [9.17, 15) is 18.7 Å². The summed E-state index contributed by atoms with van der Waals surface area (Å²) in [5.74, 6) is -2.02. The van der Waals surface area contributed by atoms with E-state index in [1.165, 1.54) is 30.9 Å². The molecule has 1 aliphatic rings. The molecule has 0 radical (unpaired) electrons. The molecule has 4 N–H and O–H groups in total. The van der Waals surface area contributed by atoms with Crippen molar-refractivity contribution in [2.24, 2.45) is 5.73 Å². The van der Waals surface area contributed by atoms with Gasteiger partial charge < -0.3 is 25.6 Å². The summed E-state index contributed by atoms with van der Waals surface area (Å²) in [6, 6.07) is 8.03. The molecule has 11 nitrogen and oxygen atoms in total. The molecule has 0 bridgehead atoms. The predicted octanol–water partition coefficient (Wildman–Crippen LogP) is 2.77. The molecule has 0 aliphatic carbocycles. The monoisotopic (exact) mass is 567 g/mol. The maximum absolute atomic E-state index is 14.4. The summed E-state index contributed by atoms with van der Waals surface area (Å²) in [4.78, 5) is 23.1. The highest BCUT2D eigenvalue weighted by molar-refractivity contribution is 5.91. The van der Waals surface area contributed by atoms with Gasteiger partial charge in [-0.05, 0) is 31.0 Å². The average molecular weight is 568 g/mol. The molecule has 0 saturated carbocycles. The van der Waals surface area contributed by atoms with Crippen molar-refractivity contribution in [3.63, 3.8) is 0 Å². The molecule has 1 saturated heterocycles. The Bertz CT molecular complexity index is 1500. The molecule has 1 aliphatic heterocycles. The molecule has 41 heavy (non-hydrogen) atoms. The lowest BCUT2D eigenvalue weighted by Gasteiger charge is -2.33. The molecule has 4 aromatic rings. The van der Waals surface area contributed by atoms with E-state index in [1.807, 2.05) is 18.2 Å². The van der Waals surface area contributed by atoms with E-state index in [0.29, 0.717) is 53.9 Å². The molecule has 1 amide bonds. The van der Waals surface area contributed by atoms with E-state index in [1.54, 1.807) is 0 Å². The molecule has 0 spiro atoms. The van der Waals surface area contributed by atoms with Gasteiger partial charge in [-0.2, -0.15) is 5.10 Å². The van der Waals surface area contributed by atoms with Crippen LogP contribution in [-0.2, 0) is 9.53 Å². The van der Waals surface area contributed by atoms with Crippen molar-refractivity contribution in [2.45, 2.75) is 24.9 Å². The van der Waals surface area contributed by atoms with Crippen LogP contribution in [-0.4, -0.2) is 81.2 Å². The summed E-state index contributed by atoms with van der Waals surface area (Å²) in [5, 5.41) is 17.5. The van der Waals surface area contributed by atoms with Gasteiger partial charge in [-0.1, -0.05) is 12.1 Å². The van der Waals surface area contributed by atoms with Crippen molar-refractivity contribution in [3.8, 4) is 5.75 Å². The SMILES string of the molecule is NC(=O)C(c1cccc(F)c1F)n1cc(Nc2ncnc3cc(OCCN(CCO)C4CCOCC4)ccc23)cn1. The van der Waals surface area contributed by atoms with Crippen LogP contribution < -0.4 is 15.8 Å². The van der Waals surface area contributed by atoms with Crippen molar-refractivity contribution in [2.75, 3.05) is 44.8 Å².